The van der Waals surface area contributed by atoms with E-state index in [-0.39, 0.29) is 22.2 Å². The average Bonchev–Trinajstić information content (AvgIpc) is 4.01. The Hall–Kier alpha value is -6.59. The number of nitrogens with two attached hydrogens (primary N) is 1. The maximum Gasteiger partial charge on any atom is 0.356 e. The van der Waals surface area contributed by atoms with Crippen LogP contribution in [0.3, 0.4) is 0 Å². The first-order valence-electron chi connectivity index (χ1n) is 19.3. The van der Waals surface area contributed by atoms with Crippen LogP contribution in [0.25, 0.3) is 0 Å². The Morgan fingerprint density at radius 1 is 0.823 bits per heavy atom. The van der Waals surface area contributed by atoms with Gasteiger partial charge in [-0.25, -0.2) is 9.78 Å². The number of thioether (sulfide) groups is 2. The number of hydrogen-bond donors (Lipinski definition) is 2. The van der Waals surface area contributed by atoms with Gasteiger partial charge >= 0.3 is 5.97 Å². The average molecular weight is 894 g/mol. The fourth-order valence-electron chi connectivity index (χ4n) is 7.33. The summed E-state index contributed by atoms with van der Waals surface area (Å²) in [6, 6.07) is 46.7. The van der Waals surface area contributed by atoms with Crippen LogP contribution < -0.4 is 11.1 Å². The van der Waals surface area contributed by atoms with Crippen LogP contribution in [0.1, 0.15) is 39.6 Å². The SMILES string of the molecule is Nc1nc(/C(=N\OC(c2ccccc2)(c2ccccc2)c2ccccc2)C(=O)N[C@@H]2C(=O)N3C(C(=O)OC(c4ccccc4)c4ccccc4)=C(Sc4cnns4)CS[C@H]23)cs1. The summed E-state index contributed by atoms with van der Waals surface area (Å²) in [6.45, 7) is 0. The molecule has 2 amide bonds. The Bertz CT molecular complexity index is 2610. The van der Waals surface area contributed by atoms with Crippen LogP contribution in [0.4, 0.5) is 5.13 Å². The number of aromatic nitrogens is 3. The van der Waals surface area contributed by atoms with Crippen LogP contribution in [0.2, 0.25) is 0 Å². The summed E-state index contributed by atoms with van der Waals surface area (Å²) in [5.74, 6) is -1.55. The fourth-order valence-corrected chi connectivity index (χ4v) is 11.0. The van der Waals surface area contributed by atoms with Gasteiger partial charge in [0.25, 0.3) is 11.8 Å². The Morgan fingerprint density at radius 3 is 1.87 bits per heavy atom. The molecule has 0 aliphatic carbocycles. The summed E-state index contributed by atoms with van der Waals surface area (Å²) in [6.07, 6.45) is 0.850. The largest absolute Gasteiger partial charge is 0.448 e. The van der Waals surface area contributed by atoms with Crippen molar-refractivity contribution in [3.05, 3.63) is 207 Å². The molecule has 1 saturated heterocycles. The molecule has 3 N–H and O–H groups in total. The van der Waals surface area contributed by atoms with E-state index in [1.54, 1.807) is 11.6 Å². The molecule has 4 heterocycles. The second-order valence-electron chi connectivity index (χ2n) is 14.0. The van der Waals surface area contributed by atoms with E-state index in [9.17, 15) is 14.4 Å². The van der Waals surface area contributed by atoms with Gasteiger partial charge < -0.3 is 20.6 Å². The van der Waals surface area contributed by atoms with Crippen LogP contribution in [0, 0.1) is 0 Å². The number of benzene rings is 5. The minimum Gasteiger partial charge on any atom is -0.448 e. The Morgan fingerprint density at radius 2 is 1.37 bits per heavy atom. The molecule has 9 rings (SSSR count). The van der Waals surface area contributed by atoms with Crippen molar-refractivity contribution in [1.29, 1.82) is 0 Å². The zero-order valence-corrected chi connectivity index (χ0v) is 35.8. The molecule has 0 bridgehead atoms. The van der Waals surface area contributed by atoms with Crippen molar-refractivity contribution < 1.29 is 24.0 Å². The number of oxime groups is 1. The molecule has 16 heteroatoms. The highest BCUT2D eigenvalue weighted by Crippen LogP contribution is 2.47. The lowest BCUT2D eigenvalue weighted by Gasteiger charge is -2.49. The first kappa shape index (κ1) is 40.8. The molecule has 1 fully saturated rings. The van der Waals surface area contributed by atoms with Crippen molar-refractivity contribution in [2.24, 2.45) is 5.16 Å². The lowest BCUT2D eigenvalue weighted by atomic mass is 9.80. The van der Waals surface area contributed by atoms with Crippen LogP contribution in [0.5, 0.6) is 0 Å². The molecule has 12 nitrogen and oxygen atoms in total. The highest BCUT2D eigenvalue weighted by molar-refractivity contribution is 8.07. The first-order chi connectivity index (χ1) is 30.4. The third-order valence-corrected chi connectivity index (χ3v) is 14.2. The molecular weight excluding hydrogens is 859 g/mol. The number of hydrogen-bond acceptors (Lipinski definition) is 14. The molecule has 308 valence electrons. The number of esters is 1. The van der Waals surface area contributed by atoms with Gasteiger partial charge in [0.05, 0.1) is 6.20 Å². The number of ether oxygens (including phenoxy) is 1. The molecule has 2 aliphatic rings. The molecule has 2 aliphatic heterocycles. The van der Waals surface area contributed by atoms with Crippen LogP contribution in [-0.4, -0.2) is 60.1 Å². The summed E-state index contributed by atoms with van der Waals surface area (Å²) < 4.78 is 11.0. The van der Waals surface area contributed by atoms with E-state index in [1.807, 2.05) is 152 Å². The number of amides is 2. The van der Waals surface area contributed by atoms with Gasteiger partial charge in [0.2, 0.25) is 5.60 Å². The number of carbonyl (C=O) groups is 3. The molecule has 0 radical (unpaired) electrons. The highest BCUT2D eigenvalue weighted by Gasteiger charge is 2.55. The van der Waals surface area contributed by atoms with Crippen molar-refractivity contribution >= 4 is 75.0 Å². The second-order valence-corrected chi connectivity index (χ2v) is 18.1. The third-order valence-electron chi connectivity index (χ3n) is 10.2. The normalized spacial score (nSPS) is 16.4. The van der Waals surface area contributed by atoms with E-state index in [0.29, 0.717) is 10.7 Å². The van der Waals surface area contributed by atoms with Crippen molar-refractivity contribution in [2.45, 2.75) is 27.3 Å². The zero-order chi connectivity index (χ0) is 42.5. The van der Waals surface area contributed by atoms with Gasteiger partial charge in [-0.3, -0.25) is 14.5 Å². The molecule has 0 unspecified atom stereocenters. The lowest BCUT2D eigenvalue weighted by Crippen LogP contribution is -2.71. The Kier molecular flexibility index (Phi) is 12.0. The van der Waals surface area contributed by atoms with E-state index in [4.69, 9.17) is 15.3 Å². The summed E-state index contributed by atoms with van der Waals surface area (Å²) in [4.78, 5) is 56.6. The summed E-state index contributed by atoms with van der Waals surface area (Å²) in [5.41, 5.74) is 8.69. The molecular formula is C46H35N7O5S4. The predicted octanol–water partition coefficient (Wildman–Crippen LogP) is 8.03. The van der Waals surface area contributed by atoms with E-state index in [2.05, 4.69) is 25.0 Å². The minimum atomic E-state index is -1.31. The Labute approximate surface area is 373 Å². The lowest BCUT2D eigenvalue weighted by molar-refractivity contribution is -0.154. The number of thiazole rings is 1. The molecule has 7 aromatic rings. The zero-order valence-electron chi connectivity index (χ0n) is 32.5. The summed E-state index contributed by atoms with van der Waals surface area (Å²) in [5, 5.41) is 12.6. The highest BCUT2D eigenvalue weighted by atomic mass is 32.2. The smallest absolute Gasteiger partial charge is 0.356 e. The molecule has 62 heavy (non-hydrogen) atoms. The first-order valence-corrected chi connectivity index (χ1v) is 22.8. The molecule has 5 aromatic carbocycles. The Balaban J connectivity index is 1.04. The van der Waals surface area contributed by atoms with Gasteiger partial charge in [-0.15, -0.1) is 28.2 Å². The molecule has 2 aromatic heterocycles. The predicted molar refractivity (Wildman–Crippen MR) is 242 cm³/mol. The van der Waals surface area contributed by atoms with Crippen molar-refractivity contribution in [2.75, 3.05) is 11.5 Å². The topological polar surface area (TPSA) is 162 Å². The number of carbonyl (C=O) groups excluding carboxylic acids is 3. The third kappa shape index (κ3) is 8.12. The maximum atomic E-state index is 14.6. The van der Waals surface area contributed by atoms with Gasteiger partial charge in [-0.1, -0.05) is 173 Å². The van der Waals surface area contributed by atoms with Gasteiger partial charge in [0.1, 0.15) is 27.0 Å². The van der Waals surface area contributed by atoms with Gasteiger partial charge in [0, 0.05) is 32.7 Å². The fraction of sp³-hybridized carbons (Fsp3) is 0.109. The molecule has 2 atom stereocenters. The molecule has 0 spiro atoms. The maximum absolute atomic E-state index is 14.6. The number of β-lactam (4-membered cyclic amide) rings is 1. The quantitative estimate of drug-likeness (QED) is 0.0358. The van der Waals surface area contributed by atoms with E-state index in [0.717, 1.165) is 43.4 Å². The van der Waals surface area contributed by atoms with E-state index >= 15 is 0 Å². The van der Waals surface area contributed by atoms with Crippen LogP contribution in [0.15, 0.2) is 183 Å². The van der Waals surface area contributed by atoms with Crippen LogP contribution >= 0.6 is 46.4 Å². The van der Waals surface area contributed by atoms with E-state index < -0.39 is 40.9 Å². The number of nitrogen functional groups attached to an aromatic ring is 1. The second kappa shape index (κ2) is 18.2. The number of rotatable bonds is 14. The van der Waals surface area contributed by atoms with Crippen molar-refractivity contribution in [3.63, 3.8) is 0 Å². The van der Waals surface area contributed by atoms with E-state index in [1.165, 1.54) is 40.0 Å². The monoisotopic (exact) mass is 893 g/mol. The number of anilines is 1. The number of fused-ring (bicyclic) bond motifs is 1. The van der Waals surface area contributed by atoms with Gasteiger partial charge in [-0.05, 0) is 22.7 Å². The van der Waals surface area contributed by atoms with Crippen molar-refractivity contribution in [3.8, 4) is 0 Å². The van der Waals surface area contributed by atoms with Gasteiger partial charge in [0.15, 0.2) is 16.9 Å². The minimum absolute atomic E-state index is 0.0994. The van der Waals surface area contributed by atoms with Crippen molar-refractivity contribution in [1.82, 2.24) is 24.8 Å². The summed E-state index contributed by atoms with van der Waals surface area (Å²) >= 11 is 5.04. The summed E-state index contributed by atoms with van der Waals surface area (Å²) in [7, 11) is 0. The molecule has 0 saturated carbocycles. The number of nitrogens with zero attached hydrogens (tertiary/aromatic N) is 5. The van der Waals surface area contributed by atoms with Gasteiger partial charge in [-0.2, -0.15) is 0 Å². The van der Waals surface area contributed by atoms with Crippen LogP contribution in [-0.2, 0) is 29.6 Å². The number of nitrogens with one attached hydrogen (secondary N) is 1. The standard InChI is InChI=1S/C46H35N7O5S4/c47-45-49-34(27-60-45)37(51-58-46(31-20-10-3-11-21-31,32-22-12-4-13-23-32)33-24-14-5-15-25-33)41(54)50-38-42(55)53-39(35(28-59-43(38)53)61-36-26-48-52-62-36)44(56)57-40(29-16-6-1-7-17-29)30-18-8-2-9-19-30/h1-27,38,40,43H,28H2,(H2,47,49)(H,50,54)/b51-37+/t38-,43-/m1/s1.